The largest absolute Gasteiger partial charge is 0.497 e. The lowest BCUT2D eigenvalue weighted by Gasteiger charge is -2.15. The van der Waals surface area contributed by atoms with E-state index in [0.717, 1.165) is 28.3 Å². The van der Waals surface area contributed by atoms with Crippen molar-refractivity contribution in [1.29, 1.82) is 0 Å². The van der Waals surface area contributed by atoms with E-state index in [2.05, 4.69) is 60.0 Å². The van der Waals surface area contributed by atoms with E-state index in [4.69, 9.17) is 9.47 Å². The molecule has 0 saturated carbocycles. The molecule has 0 amide bonds. The summed E-state index contributed by atoms with van der Waals surface area (Å²) in [6.07, 6.45) is 0.687. The average molecular weight is 426 g/mol. The highest BCUT2D eigenvalue weighted by Crippen LogP contribution is 2.31. The third kappa shape index (κ3) is 4.59. The van der Waals surface area contributed by atoms with Crippen LogP contribution < -0.4 is 4.74 Å². The van der Waals surface area contributed by atoms with Crippen LogP contribution in [0.1, 0.15) is 32.7 Å². The van der Waals surface area contributed by atoms with E-state index in [9.17, 15) is 4.79 Å². The Morgan fingerprint density at radius 1 is 0.844 bits per heavy atom. The molecule has 0 fully saturated rings. The first-order valence-corrected chi connectivity index (χ1v) is 10.6. The van der Waals surface area contributed by atoms with Gasteiger partial charge < -0.3 is 14.0 Å². The molecule has 4 nitrogen and oxygen atoms in total. The maximum atomic E-state index is 12.8. The second-order valence-electron chi connectivity index (χ2n) is 7.85. The Bertz CT molecular complexity index is 1190. The molecule has 0 aliphatic heterocycles. The molecule has 0 bridgehead atoms. The molecular weight excluding hydrogens is 398 g/mol. The first-order chi connectivity index (χ1) is 15.6. The predicted molar refractivity (Wildman–Crippen MR) is 127 cm³/mol. The van der Waals surface area contributed by atoms with Gasteiger partial charge in [0.1, 0.15) is 5.75 Å². The molecule has 162 valence electrons. The summed E-state index contributed by atoms with van der Waals surface area (Å²) < 4.78 is 12.7. The molecule has 1 aromatic heterocycles. The van der Waals surface area contributed by atoms with Gasteiger partial charge in [-0.05, 0) is 41.8 Å². The monoisotopic (exact) mass is 425 g/mol. The summed E-state index contributed by atoms with van der Waals surface area (Å²) >= 11 is 0. The molecule has 4 heteroatoms. The Hall–Kier alpha value is -3.79. The fraction of sp³-hybridized carbons (Fsp3) is 0.179. The fourth-order valence-electron chi connectivity index (χ4n) is 3.94. The molecule has 0 aliphatic carbocycles. The van der Waals surface area contributed by atoms with Crippen LogP contribution in [0.25, 0.3) is 11.3 Å². The van der Waals surface area contributed by atoms with Gasteiger partial charge in [-0.3, -0.25) is 0 Å². The van der Waals surface area contributed by atoms with E-state index < -0.39 is 0 Å². The Morgan fingerprint density at radius 2 is 1.53 bits per heavy atom. The highest BCUT2D eigenvalue weighted by atomic mass is 16.5. The summed E-state index contributed by atoms with van der Waals surface area (Å²) in [6.45, 7) is 2.72. The van der Waals surface area contributed by atoms with Crippen molar-refractivity contribution in [1.82, 2.24) is 4.57 Å². The van der Waals surface area contributed by atoms with Crippen molar-refractivity contribution in [3.05, 3.63) is 113 Å². The van der Waals surface area contributed by atoms with Gasteiger partial charge in [0.15, 0.2) is 0 Å². The van der Waals surface area contributed by atoms with Crippen LogP contribution >= 0.6 is 0 Å². The minimum atomic E-state index is -0.330. The molecule has 3 aromatic carbocycles. The van der Waals surface area contributed by atoms with E-state index >= 15 is 0 Å². The van der Waals surface area contributed by atoms with E-state index in [1.165, 1.54) is 18.2 Å². The summed E-state index contributed by atoms with van der Waals surface area (Å²) in [7, 11) is 3.09. The molecule has 0 spiro atoms. The molecule has 4 rings (SSSR count). The molecular formula is C28H27NO3. The number of carbonyl (C=O) groups is 1. The zero-order valence-corrected chi connectivity index (χ0v) is 18.7. The van der Waals surface area contributed by atoms with Crippen LogP contribution in [-0.2, 0) is 17.7 Å². The van der Waals surface area contributed by atoms with Gasteiger partial charge in [0.05, 0.1) is 25.5 Å². The molecule has 32 heavy (non-hydrogen) atoms. The van der Waals surface area contributed by atoms with Crippen molar-refractivity contribution in [2.45, 2.75) is 19.9 Å². The second kappa shape index (κ2) is 9.56. The molecule has 0 N–H and O–H groups in total. The number of hydrogen-bond acceptors (Lipinski definition) is 3. The summed E-state index contributed by atoms with van der Waals surface area (Å²) in [5, 5.41) is 0. The van der Waals surface area contributed by atoms with Crippen LogP contribution in [0.2, 0.25) is 0 Å². The van der Waals surface area contributed by atoms with Gasteiger partial charge in [0.25, 0.3) is 0 Å². The lowest BCUT2D eigenvalue weighted by atomic mass is 10.1. The SMILES string of the molecule is COC(=O)c1cc(Cc2ccc(OC)cc2)n(Cc2ccccc2)c1-c1ccc(C)cc1. The molecule has 0 radical (unpaired) electrons. The summed E-state index contributed by atoms with van der Waals surface area (Å²) in [6, 6.07) is 28.6. The number of ether oxygens (including phenoxy) is 2. The molecule has 0 atom stereocenters. The molecule has 0 unspecified atom stereocenters. The van der Waals surface area contributed by atoms with Crippen LogP contribution in [-0.4, -0.2) is 24.8 Å². The Labute approximate surface area is 189 Å². The maximum Gasteiger partial charge on any atom is 0.340 e. The summed E-state index contributed by atoms with van der Waals surface area (Å²) in [5.74, 6) is 0.493. The highest BCUT2D eigenvalue weighted by molar-refractivity contribution is 5.97. The van der Waals surface area contributed by atoms with E-state index in [1.807, 2.05) is 36.4 Å². The van der Waals surface area contributed by atoms with Gasteiger partial charge in [-0.2, -0.15) is 0 Å². The predicted octanol–water partition coefficient (Wildman–Crippen LogP) is 5.90. The van der Waals surface area contributed by atoms with Gasteiger partial charge in [-0.15, -0.1) is 0 Å². The van der Waals surface area contributed by atoms with Crippen LogP contribution in [0.3, 0.4) is 0 Å². The molecule has 0 saturated heterocycles. The number of methoxy groups -OCH3 is 2. The summed E-state index contributed by atoms with van der Waals surface area (Å²) in [5.41, 5.74) is 6.99. The van der Waals surface area contributed by atoms with E-state index in [1.54, 1.807) is 7.11 Å². The van der Waals surface area contributed by atoms with Crippen LogP contribution in [0, 0.1) is 6.92 Å². The minimum Gasteiger partial charge on any atom is -0.497 e. The smallest absolute Gasteiger partial charge is 0.340 e. The number of aryl methyl sites for hydroxylation is 1. The van der Waals surface area contributed by atoms with Crippen molar-refractivity contribution >= 4 is 5.97 Å². The third-order valence-electron chi connectivity index (χ3n) is 5.64. The normalized spacial score (nSPS) is 10.7. The van der Waals surface area contributed by atoms with E-state index in [-0.39, 0.29) is 5.97 Å². The molecule has 1 heterocycles. The number of benzene rings is 3. The van der Waals surface area contributed by atoms with Gasteiger partial charge in [-0.1, -0.05) is 72.3 Å². The van der Waals surface area contributed by atoms with Crippen molar-refractivity contribution < 1.29 is 14.3 Å². The van der Waals surface area contributed by atoms with Gasteiger partial charge >= 0.3 is 5.97 Å². The van der Waals surface area contributed by atoms with E-state index in [0.29, 0.717) is 18.5 Å². The zero-order valence-electron chi connectivity index (χ0n) is 18.7. The molecule has 0 aliphatic rings. The van der Waals surface area contributed by atoms with Crippen molar-refractivity contribution in [3.8, 4) is 17.0 Å². The van der Waals surface area contributed by atoms with Crippen LogP contribution in [0.4, 0.5) is 0 Å². The van der Waals surface area contributed by atoms with Crippen LogP contribution in [0.5, 0.6) is 5.75 Å². The van der Waals surface area contributed by atoms with Crippen molar-refractivity contribution in [3.63, 3.8) is 0 Å². The first kappa shape index (κ1) is 21.4. The number of rotatable bonds is 7. The zero-order chi connectivity index (χ0) is 22.5. The van der Waals surface area contributed by atoms with Gasteiger partial charge in [0.2, 0.25) is 0 Å². The number of carbonyl (C=O) groups excluding carboxylic acids is 1. The minimum absolute atomic E-state index is 0.330. The number of nitrogens with zero attached hydrogens (tertiary/aromatic N) is 1. The Kier molecular flexibility index (Phi) is 6.41. The van der Waals surface area contributed by atoms with Crippen molar-refractivity contribution in [2.24, 2.45) is 0 Å². The number of hydrogen-bond donors (Lipinski definition) is 0. The van der Waals surface area contributed by atoms with Gasteiger partial charge in [0, 0.05) is 18.7 Å². The topological polar surface area (TPSA) is 40.5 Å². The van der Waals surface area contributed by atoms with Crippen LogP contribution in [0.15, 0.2) is 84.9 Å². The first-order valence-electron chi connectivity index (χ1n) is 10.6. The van der Waals surface area contributed by atoms with Gasteiger partial charge in [-0.25, -0.2) is 4.79 Å². The quantitative estimate of drug-likeness (QED) is 0.346. The standard InChI is InChI=1S/C28H27NO3/c1-20-9-13-23(14-10-20)27-26(28(30)32-3)18-24(17-21-11-15-25(31-2)16-12-21)29(27)19-22-7-5-4-6-8-22/h4-16,18H,17,19H2,1-3H3. The van der Waals surface area contributed by atoms with Crippen molar-refractivity contribution in [2.75, 3.05) is 14.2 Å². The lowest BCUT2D eigenvalue weighted by molar-refractivity contribution is 0.0601. The lowest BCUT2D eigenvalue weighted by Crippen LogP contribution is -2.09. The highest BCUT2D eigenvalue weighted by Gasteiger charge is 2.22. The third-order valence-corrected chi connectivity index (χ3v) is 5.64. The molecule has 4 aromatic rings. The second-order valence-corrected chi connectivity index (χ2v) is 7.85. The Morgan fingerprint density at radius 3 is 2.16 bits per heavy atom. The number of aromatic nitrogens is 1. The fourth-order valence-corrected chi connectivity index (χ4v) is 3.94. The summed E-state index contributed by atoms with van der Waals surface area (Å²) in [4.78, 5) is 12.8. The average Bonchev–Trinajstić information content (AvgIpc) is 3.18. The Balaban J connectivity index is 1.86. The number of esters is 1. The maximum absolute atomic E-state index is 12.8.